The molecule has 1 N–H and O–H groups in total. The van der Waals surface area contributed by atoms with Gasteiger partial charge in [-0.1, -0.05) is 12.1 Å². The van der Waals surface area contributed by atoms with E-state index < -0.39 is 0 Å². The Morgan fingerprint density at radius 1 is 1.17 bits per heavy atom. The maximum absolute atomic E-state index is 9.51. The van der Waals surface area contributed by atoms with Crippen LogP contribution in [0.25, 0.3) is 16.7 Å². The van der Waals surface area contributed by atoms with Crippen molar-refractivity contribution < 1.29 is 0 Å². The van der Waals surface area contributed by atoms with Crippen LogP contribution in [0.3, 0.4) is 0 Å². The predicted molar refractivity (Wildman–Crippen MR) is 93.7 cm³/mol. The van der Waals surface area contributed by atoms with Crippen molar-refractivity contribution in [1.82, 2.24) is 14.4 Å². The van der Waals surface area contributed by atoms with Gasteiger partial charge in [-0.2, -0.15) is 5.26 Å². The SMILES string of the molecule is Cc1cc(NCc2ccncc2)n2c(nc3ccccc32)c1C#N. The van der Waals surface area contributed by atoms with Gasteiger partial charge in [0.1, 0.15) is 11.9 Å². The van der Waals surface area contributed by atoms with Crippen molar-refractivity contribution >= 4 is 22.5 Å². The Labute approximate surface area is 139 Å². The summed E-state index contributed by atoms with van der Waals surface area (Å²) >= 11 is 0. The molecule has 0 saturated carbocycles. The number of hydrogen-bond acceptors (Lipinski definition) is 4. The molecule has 4 rings (SSSR count). The molecule has 0 aliphatic carbocycles. The molecule has 5 nitrogen and oxygen atoms in total. The van der Waals surface area contributed by atoms with Crippen LogP contribution in [0.1, 0.15) is 16.7 Å². The molecule has 4 aromatic rings. The molecule has 0 spiro atoms. The molecule has 0 bridgehead atoms. The van der Waals surface area contributed by atoms with Crippen LogP contribution in [-0.4, -0.2) is 14.4 Å². The van der Waals surface area contributed by atoms with Crippen molar-refractivity contribution in [3.8, 4) is 6.07 Å². The van der Waals surface area contributed by atoms with Gasteiger partial charge in [0.25, 0.3) is 0 Å². The summed E-state index contributed by atoms with van der Waals surface area (Å²) in [5.41, 5.74) is 5.23. The van der Waals surface area contributed by atoms with Crippen LogP contribution in [0, 0.1) is 18.3 Å². The van der Waals surface area contributed by atoms with Crippen LogP contribution in [-0.2, 0) is 6.54 Å². The lowest BCUT2D eigenvalue weighted by Crippen LogP contribution is -2.06. The Kier molecular flexibility index (Phi) is 3.36. The molecule has 0 amide bonds. The monoisotopic (exact) mass is 313 g/mol. The zero-order valence-electron chi connectivity index (χ0n) is 13.2. The highest BCUT2D eigenvalue weighted by Gasteiger charge is 2.14. The van der Waals surface area contributed by atoms with E-state index in [2.05, 4.69) is 21.4 Å². The predicted octanol–water partition coefficient (Wildman–Crippen LogP) is 3.67. The Hall–Kier alpha value is -3.39. The number of fused-ring (bicyclic) bond motifs is 3. The van der Waals surface area contributed by atoms with E-state index in [9.17, 15) is 5.26 Å². The molecule has 3 heterocycles. The summed E-state index contributed by atoms with van der Waals surface area (Å²) in [5.74, 6) is 0.923. The summed E-state index contributed by atoms with van der Waals surface area (Å²) < 4.78 is 2.02. The van der Waals surface area contributed by atoms with Gasteiger partial charge in [0.2, 0.25) is 0 Å². The van der Waals surface area contributed by atoms with Crippen molar-refractivity contribution in [2.75, 3.05) is 5.32 Å². The van der Waals surface area contributed by atoms with Crippen LogP contribution in [0.2, 0.25) is 0 Å². The van der Waals surface area contributed by atoms with Crippen molar-refractivity contribution in [2.24, 2.45) is 0 Å². The van der Waals surface area contributed by atoms with Gasteiger partial charge in [-0.05, 0) is 48.4 Å². The first kappa shape index (κ1) is 14.2. The number of nitrogens with one attached hydrogen (secondary N) is 1. The van der Waals surface area contributed by atoms with Crippen molar-refractivity contribution in [1.29, 1.82) is 5.26 Å². The number of nitriles is 1. The summed E-state index contributed by atoms with van der Waals surface area (Å²) in [5, 5.41) is 13.0. The highest BCUT2D eigenvalue weighted by molar-refractivity contribution is 5.85. The van der Waals surface area contributed by atoms with E-state index in [4.69, 9.17) is 0 Å². The number of para-hydroxylation sites is 2. The number of nitrogens with zero attached hydrogens (tertiary/aromatic N) is 4. The third-order valence-electron chi connectivity index (χ3n) is 4.11. The Balaban J connectivity index is 1.90. The minimum Gasteiger partial charge on any atom is -0.367 e. The molecule has 0 fully saturated rings. The summed E-state index contributed by atoms with van der Waals surface area (Å²) in [6.07, 6.45) is 3.56. The Morgan fingerprint density at radius 2 is 1.96 bits per heavy atom. The van der Waals surface area contributed by atoms with Crippen LogP contribution in [0.4, 0.5) is 5.82 Å². The van der Waals surface area contributed by atoms with Gasteiger partial charge < -0.3 is 5.32 Å². The lowest BCUT2D eigenvalue weighted by Gasteiger charge is -2.12. The van der Waals surface area contributed by atoms with Gasteiger partial charge in [0, 0.05) is 18.9 Å². The number of rotatable bonds is 3. The summed E-state index contributed by atoms with van der Waals surface area (Å²) in [6, 6.07) is 16.2. The van der Waals surface area contributed by atoms with Crippen molar-refractivity contribution in [3.63, 3.8) is 0 Å². The topological polar surface area (TPSA) is 66.0 Å². The third-order valence-corrected chi connectivity index (χ3v) is 4.11. The zero-order valence-corrected chi connectivity index (χ0v) is 13.2. The van der Waals surface area contributed by atoms with Crippen molar-refractivity contribution in [3.05, 3.63) is 71.5 Å². The van der Waals surface area contributed by atoms with E-state index in [0.717, 1.165) is 28.0 Å². The highest BCUT2D eigenvalue weighted by atomic mass is 15.1. The van der Waals surface area contributed by atoms with E-state index in [1.165, 1.54) is 0 Å². The average molecular weight is 313 g/mol. The number of aryl methyl sites for hydroxylation is 1. The number of aromatic nitrogens is 3. The van der Waals surface area contributed by atoms with Gasteiger partial charge in [0.15, 0.2) is 5.65 Å². The van der Waals surface area contributed by atoms with Crippen LogP contribution >= 0.6 is 0 Å². The average Bonchev–Trinajstić information content (AvgIpc) is 3.00. The number of benzene rings is 1. The van der Waals surface area contributed by atoms with Crippen LogP contribution < -0.4 is 5.32 Å². The van der Waals surface area contributed by atoms with Crippen LogP contribution in [0.15, 0.2) is 54.9 Å². The molecular formula is C19H15N5. The largest absolute Gasteiger partial charge is 0.367 e. The molecule has 1 aromatic carbocycles. The number of hydrogen-bond donors (Lipinski definition) is 1. The standard InChI is InChI=1S/C19H15N5/c1-13-10-18(22-12-14-6-8-21-9-7-14)24-17-5-3-2-4-16(17)23-19(24)15(13)11-20/h2-10,22H,12H2,1H3. The van der Waals surface area contributed by atoms with E-state index in [1.54, 1.807) is 12.4 Å². The normalized spacial score (nSPS) is 10.8. The Bertz CT molecular complexity index is 1070. The van der Waals surface area contributed by atoms with Gasteiger partial charge in [-0.3, -0.25) is 9.38 Å². The molecule has 0 unspecified atom stereocenters. The summed E-state index contributed by atoms with van der Waals surface area (Å²) in [7, 11) is 0. The minimum absolute atomic E-state index is 0.612. The molecule has 0 aliphatic rings. The molecule has 24 heavy (non-hydrogen) atoms. The minimum atomic E-state index is 0.612. The van der Waals surface area contributed by atoms with Crippen LogP contribution in [0.5, 0.6) is 0 Å². The maximum atomic E-state index is 9.51. The molecule has 0 radical (unpaired) electrons. The number of pyridine rings is 2. The quantitative estimate of drug-likeness (QED) is 0.626. The molecule has 0 atom stereocenters. The smallest absolute Gasteiger partial charge is 0.157 e. The van der Waals surface area contributed by atoms with Gasteiger partial charge in [-0.25, -0.2) is 4.98 Å². The second-order valence-corrected chi connectivity index (χ2v) is 5.67. The van der Waals surface area contributed by atoms with Gasteiger partial charge in [-0.15, -0.1) is 0 Å². The molecule has 0 aliphatic heterocycles. The maximum Gasteiger partial charge on any atom is 0.157 e. The van der Waals surface area contributed by atoms with E-state index in [1.807, 2.05) is 53.8 Å². The van der Waals surface area contributed by atoms with Crippen molar-refractivity contribution in [2.45, 2.75) is 13.5 Å². The van der Waals surface area contributed by atoms with Gasteiger partial charge in [0.05, 0.1) is 16.6 Å². The molecule has 116 valence electrons. The lowest BCUT2D eigenvalue weighted by molar-refractivity contribution is 1.07. The number of anilines is 1. The fraction of sp³-hybridized carbons (Fsp3) is 0.105. The fourth-order valence-electron chi connectivity index (χ4n) is 2.92. The first-order valence-electron chi connectivity index (χ1n) is 7.71. The molecular weight excluding hydrogens is 298 g/mol. The van der Waals surface area contributed by atoms with E-state index in [-0.39, 0.29) is 0 Å². The molecule has 5 heteroatoms. The Morgan fingerprint density at radius 3 is 2.75 bits per heavy atom. The fourth-order valence-corrected chi connectivity index (χ4v) is 2.92. The highest BCUT2D eigenvalue weighted by Crippen LogP contribution is 2.26. The van der Waals surface area contributed by atoms with E-state index in [0.29, 0.717) is 17.8 Å². The first-order valence-corrected chi connectivity index (χ1v) is 7.71. The zero-order chi connectivity index (χ0) is 16.5. The van der Waals surface area contributed by atoms with Gasteiger partial charge >= 0.3 is 0 Å². The summed E-state index contributed by atoms with van der Waals surface area (Å²) in [4.78, 5) is 8.69. The number of imidazole rings is 1. The second kappa shape index (κ2) is 5.67. The molecule has 0 saturated heterocycles. The molecule has 3 aromatic heterocycles. The summed E-state index contributed by atoms with van der Waals surface area (Å²) in [6.45, 7) is 2.62. The second-order valence-electron chi connectivity index (χ2n) is 5.67. The first-order chi connectivity index (χ1) is 11.8. The lowest BCUT2D eigenvalue weighted by atomic mass is 10.1. The van der Waals surface area contributed by atoms with E-state index >= 15 is 0 Å². The third kappa shape index (κ3) is 2.25.